The Hall–Kier alpha value is -2.86. The van der Waals surface area contributed by atoms with E-state index in [2.05, 4.69) is 10.3 Å². The summed E-state index contributed by atoms with van der Waals surface area (Å²) in [4.78, 5) is 27.7. The van der Waals surface area contributed by atoms with Crippen molar-refractivity contribution in [2.75, 3.05) is 6.61 Å². The van der Waals surface area contributed by atoms with Crippen molar-refractivity contribution in [1.82, 2.24) is 10.3 Å². The monoisotopic (exact) mass is 386 g/mol. The number of aryl methyl sites for hydroxylation is 1. The largest absolute Gasteiger partial charge is 0.482 e. The molecule has 27 heavy (non-hydrogen) atoms. The summed E-state index contributed by atoms with van der Waals surface area (Å²) in [5.41, 5.74) is 1.79. The van der Waals surface area contributed by atoms with E-state index in [-0.39, 0.29) is 12.5 Å². The number of rotatable bonds is 7. The van der Waals surface area contributed by atoms with Gasteiger partial charge in [0.15, 0.2) is 6.61 Å². The third-order valence-corrected chi connectivity index (χ3v) is 4.30. The van der Waals surface area contributed by atoms with E-state index in [9.17, 15) is 9.59 Å². The maximum Gasteiger partial charge on any atom is 0.336 e. The fourth-order valence-electron chi connectivity index (χ4n) is 2.71. The van der Waals surface area contributed by atoms with E-state index in [1.807, 2.05) is 19.1 Å². The van der Waals surface area contributed by atoms with Crippen LogP contribution < -0.4 is 15.7 Å². The quantitative estimate of drug-likeness (QED) is 0.628. The summed E-state index contributed by atoms with van der Waals surface area (Å²) in [7, 11) is 0. The van der Waals surface area contributed by atoms with Crippen LogP contribution in [0.25, 0.3) is 11.0 Å². The normalized spacial score (nSPS) is 10.7. The summed E-state index contributed by atoms with van der Waals surface area (Å²) in [6.45, 7) is 2.21. The number of pyridine rings is 1. The Morgan fingerprint density at radius 2 is 2.04 bits per heavy atom. The highest BCUT2D eigenvalue weighted by molar-refractivity contribution is 6.32. The van der Waals surface area contributed by atoms with E-state index >= 15 is 0 Å². The number of nitrogens with one attached hydrogen (secondary N) is 1. The van der Waals surface area contributed by atoms with Crippen LogP contribution in [0.1, 0.15) is 24.5 Å². The minimum Gasteiger partial charge on any atom is -0.482 e. The van der Waals surface area contributed by atoms with Crippen molar-refractivity contribution in [1.29, 1.82) is 0 Å². The lowest BCUT2D eigenvalue weighted by Gasteiger charge is -2.11. The van der Waals surface area contributed by atoms with Gasteiger partial charge < -0.3 is 14.5 Å². The molecule has 0 saturated carbocycles. The van der Waals surface area contributed by atoms with Gasteiger partial charge in [-0.25, -0.2) is 4.79 Å². The summed E-state index contributed by atoms with van der Waals surface area (Å²) in [6.07, 6.45) is 4.96. The third kappa shape index (κ3) is 4.86. The van der Waals surface area contributed by atoms with Crippen LogP contribution in [0.3, 0.4) is 0 Å². The maximum absolute atomic E-state index is 12.0. The molecule has 1 N–H and O–H groups in total. The molecule has 0 aliphatic heterocycles. The number of fused-ring (bicyclic) bond motifs is 1. The fraction of sp³-hybridized carbons (Fsp3) is 0.250. The molecule has 2 aromatic heterocycles. The second kappa shape index (κ2) is 8.68. The van der Waals surface area contributed by atoms with Gasteiger partial charge in [0.25, 0.3) is 5.91 Å². The van der Waals surface area contributed by atoms with Crippen LogP contribution >= 0.6 is 11.6 Å². The highest BCUT2D eigenvalue weighted by Gasteiger charge is 2.12. The Bertz CT molecular complexity index is 1000. The van der Waals surface area contributed by atoms with Crippen molar-refractivity contribution in [3.05, 3.63) is 69.3 Å². The Balaban J connectivity index is 1.70. The van der Waals surface area contributed by atoms with E-state index in [1.54, 1.807) is 24.5 Å². The molecule has 1 amide bonds. The van der Waals surface area contributed by atoms with Gasteiger partial charge in [-0.15, -0.1) is 0 Å². The molecule has 0 aliphatic carbocycles. The highest BCUT2D eigenvalue weighted by atomic mass is 35.5. The highest BCUT2D eigenvalue weighted by Crippen LogP contribution is 2.31. The lowest BCUT2D eigenvalue weighted by atomic mass is 10.1. The van der Waals surface area contributed by atoms with Crippen LogP contribution in [0.15, 0.2) is 51.9 Å². The second-order valence-corrected chi connectivity index (χ2v) is 6.45. The van der Waals surface area contributed by atoms with Gasteiger partial charge in [0.1, 0.15) is 11.3 Å². The topological polar surface area (TPSA) is 81.4 Å². The molecule has 2 heterocycles. The molecular formula is C20H19ClN2O4. The zero-order chi connectivity index (χ0) is 19.2. The summed E-state index contributed by atoms with van der Waals surface area (Å²) >= 11 is 6.29. The van der Waals surface area contributed by atoms with Crippen LogP contribution in [0.2, 0.25) is 5.02 Å². The molecule has 7 heteroatoms. The SMILES string of the molecule is CCCc1cc(=O)oc2cc(OCC(=O)NCc3ccncc3)c(Cl)cc12. The van der Waals surface area contributed by atoms with Crippen LogP contribution in [0.4, 0.5) is 0 Å². The van der Waals surface area contributed by atoms with Gasteiger partial charge in [-0.05, 0) is 35.7 Å². The molecule has 0 aliphatic rings. The van der Waals surface area contributed by atoms with Gasteiger partial charge in [-0.2, -0.15) is 0 Å². The van der Waals surface area contributed by atoms with Crippen LogP contribution in [0, 0.1) is 0 Å². The Morgan fingerprint density at radius 1 is 1.26 bits per heavy atom. The molecule has 0 radical (unpaired) electrons. The molecule has 0 fully saturated rings. The maximum atomic E-state index is 12.0. The lowest BCUT2D eigenvalue weighted by molar-refractivity contribution is -0.123. The van der Waals surface area contributed by atoms with Crippen LogP contribution in [-0.2, 0) is 17.8 Å². The van der Waals surface area contributed by atoms with Gasteiger partial charge in [-0.1, -0.05) is 24.9 Å². The number of benzene rings is 1. The molecule has 140 valence electrons. The summed E-state index contributed by atoms with van der Waals surface area (Å²) in [6, 6.07) is 8.37. The molecule has 0 spiro atoms. The Kier molecular flexibility index (Phi) is 6.08. The van der Waals surface area contributed by atoms with E-state index in [4.69, 9.17) is 20.8 Å². The van der Waals surface area contributed by atoms with Crippen molar-refractivity contribution in [3.8, 4) is 5.75 Å². The Morgan fingerprint density at radius 3 is 2.78 bits per heavy atom. The Labute approximate surface area is 161 Å². The standard InChI is InChI=1S/C20H19ClN2O4/c1-2-3-14-8-20(25)27-17-10-18(16(21)9-15(14)17)26-12-19(24)23-11-13-4-6-22-7-5-13/h4-10H,2-3,11-12H2,1H3,(H,23,24). The number of carbonyl (C=O) groups is 1. The van der Waals surface area contributed by atoms with Crippen molar-refractivity contribution >= 4 is 28.5 Å². The summed E-state index contributed by atoms with van der Waals surface area (Å²) in [5, 5.41) is 3.88. The number of nitrogens with zero attached hydrogens (tertiary/aromatic N) is 1. The number of halogens is 1. The summed E-state index contributed by atoms with van der Waals surface area (Å²) in [5.74, 6) is 0.00388. The average Bonchev–Trinajstić information content (AvgIpc) is 2.66. The molecule has 3 aromatic rings. The second-order valence-electron chi connectivity index (χ2n) is 6.04. The van der Waals surface area contributed by atoms with Crippen LogP contribution in [0.5, 0.6) is 5.75 Å². The van der Waals surface area contributed by atoms with Crippen molar-refractivity contribution < 1.29 is 13.9 Å². The number of amides is 1. The van der Waals surface area contributed by atoms with E-state index in [0.29, 0.717) is 22.9 Å². The van der Waals surface area contributed by atoms with E-state index in [0.717, 1.165) is 29.4 Å². The van der Waals surface area contributed by atoms with Crippen molar-refractivity contribution in [2.24, 2.45) is 0 Å². The predicted molar refractivity (Wildman–Crippen MR) is 103 cm³/mol. The van der Waals surface area contributed by atoms with Gasteiger partial charge in [0.05, 0.1) is 5.02 Å². The number of aromatic nitrogens is 1. The van der Waals surface area contributed by atoms with Gasteiger partial charge in [0.2, 0.25) is 0 Å². The smallest absolute Gasteiger partial charge is 0.336 e. The van der Waals surface area contributed by atoms with Gasteiger partial charge in [-0.3, -0.25) is 9.78 Å². The van der Waals surface area contributed by atoms with Gasteiger partial charge >= 0.3 is 5.63 Å². The van der Waals surface area contributed by atoms with Crippen molar-refractivity contribution in [3.63, 3.8) is 0 Å². The molecule has 0 bridgehead atoms. The van der Waals surface area contributed by atoms with Gasteiger partial charge in [0, 0.05) is 36.5 Å². The first-order valence-electron chi connectivity index (χ1n) is 8.61. The number of carbonyl (C=O) groups excluding carboxylic acids is 1. The molecule has 3 rings (SSSR count). The molecule has 1 aromatic carbocycles. The first-order chi connectivity index (χ1) is 13.1. The average molecular weight is 387 g/mol. The fourth-order valence-corrected chi connectivity index (χ4v) is 2.93. The van der Waals surface area contributed by atoms with E-state index in [1.165, 1.54) is 6.07 Å². The first kappa shape index (κ1) is 18.9. The predicted octanol–water partition coefficient (Wildman–Crippen LogP) is 3.49. The zero-order valence-electron chi connectivity index (χ0n) is 14.8. The minimum absolute atomic E-state index is 0.199. The number of hydrogen-bond donors (Lipinski definition) is 1. The molecule has 0 unspecified atom stereocenters. The molecule has 0 saturated heterocycles. The van der Waals surface area contributed by atoms with E-state index < -0.39 is 5.63 Å². The van der Waals surface area contributed by atoms with Crippen LogP contribution in [-0.4, -0.2) is 17.5 Å². The summed E-state index contributed by atoms with van der Waals surface area (Å²) < 4.78 is 10.8. The molecular weight excluding hydrogens is 368 g/mol. The third-order valence-electron chi connectivity index (χ3n) is 4.00. The number of ether oxygens (including phenoxy) is 1. The molecule has 0 atom stereocenters. The zero-order valence-corrected chi connectivity index (χ0v) is 15.6. The number of hydrogen-bond acceptors (Lipinski definition) is 5. The minimum atomic E-state index is -0.422. The first-order valence-corrected chi connectivity index (χ1v) is 8.99. The van der Waals surface area contributed by atoms with Crippen molar-refractivity contribution in [2.45, 2.75) is 26.3 Å². The molecule has 6 nitrogen and oxygen atoms in total. The lowest BCUT2D eigenvalue weighted by Crippen LogP contribution is -2.28.